The lowest BCUT2D eigenvalue weighted by atomic mass is 9.65. The van der Waals surface area contributed by atoms with E-state index in [-0.39, 0.29) is 139 Å². The molecule has 578 valence electrons. The van der Waals surface area contributed by atoms with Crippen molar-refractivity contribution in [1.82, 2.24) is 9.80 Å². The van der Waals surface area contributed by atoms with Gasteiger partial charge in [0, 0.05) is 67.3 Å². The van der Waals surface area contributed by atoms with Gasteiger partial charge in [-0.3, -0.25) is 29.0 Å². The minimum Gasteiger partial charge on any atom is -0.457 e. The smallest absolute Gasteiger partial charge is 0.261 e. The maximum atomic E-state index is 16.0. The first-order valence-corrected chi connectivity index (χ1v) is 36.9. The SMILES string of the molecule is CC(C)C(C)(C)c1ccc(Oc2cc3c4c(cc(Oc5ccc(C(C)(C)C(C)(C)C)cc5)c5c6c(Oc7ccc(C(C)(C)C(C)(C)C)cc7)cc7c8c(cc(Oc9ccc(C(C)(C)C(C)(C)C)cc9)c(c2c45)c86)C(=O)N(CCc2c(F)c(F)c(F)c(F)c2F)C7=O)C(=O)N(CCc2c(F)c(F)c(F)c(F)c2F)C3=O)cc1. The molecule has 4 amide bonds. The van der Waals surface area contributed by atoms with Crippen molar-refractivity contribution in [1.29, 1.82) is 0 Å². The second-order valence-electron chi connectivity index (χ2n) is 34.8. The van der Waals surface area contributed by atoms with Crippen LogP contribution in [0.1, 0.15) is 206 Å². The van der Waals surface area contributed by atoms with E-state index >= 15 is 54.3 Å². The Morgan fingerprint density at radius 3 is 0.703 bits per heavy atom. The Morgan fingerprint density at radius 2 is 0.495 bits per heavy atom. The zero-order chi connectivity index (χ0) is 81.1. The van der Waals surface area contributed by atoms with Gasteiger partial charge in [0.05, 0.1) is 22.3 Å². The summed E-state index contributed by atoms with van der Waals surface area (Å²) < 4.78 is 181. The lowest BCUT2D eigenvalue weighted by Gasteiger charge is -2.39. The largest absolute Gasteiger partial charge is 0.457 e. The van der Waals surface area contributed by atoms with Crippen LogP contribution in [0, 0.1) is 80.3 Å². The third kappa shape index (κ3) is 12.7. The molecular weight excluding hydrogens is 1440 g/mol. The summed E-state index contributed by atoms with van der Waals surface area (Å²) in [6, 6.07) is 34.1. The first-order valence-electron chi connectivity index (χ1n) is 36.9. The number of imide groups is 2. The maximum Gasteiger partial charge on any atom is 0.261 e. The highest BCUT2D eigenvalue weighted by molar-refractivity contribution is 6.45. The van der Waals surface area contributed by atoms with E-state index in [9.17, 15) is 8.78 Å². The topological polar surface area (TPSA) is 112 Å². The van der Waals surface area contributed by atoms with E-state index in [0.717, 1.165) is 22.3 Å². The predicted molar refractivity (Wildman–Crippen MR) is 410 cm³/mol. The normalized spacial score (nSPS) is 14.1. The van der Waals surface area contributed by atoms with E-state index in [1.54, 1.807) is 48.5 Å². The molecule has 11 aromatic carbocycles. The number of amides is 4. The molecule has 0 N–H and O–H groups in total. The molecule has 0 bridgehead atoms. The van der Waals surface area contributed by atoms with Crippen molar-refractivity contribution in [2.45, 2.75) is 166 Å². The molecule has 0 aromatic heterocycles. The lowest BCUT2D eigenvalue weighted by Crippen LogP contribution is -2.42. The summed E-state index contributed by atoms with van der Waals surface area (Å²) in [6.45, 7) is 37.8. The second-order valence-corrected chi connectivity index (χ2v) is 34.8. The van der Waals surface area contributed by atoms with Gasteiger partial charge in [0.2, 0.25) is 11.6 Å². The molecule has 0 aliphatic carbocycles. The van der Waals surface area contributed by atoms with Gasteiger partial charge in [0.25, 0.3) is 23.6 Å². The number of halogens is 10. The van der Waals surface area contributed by atoms with E-state index in [1.165, 1.54) is 24.3 Å². The molecule has 0 unspecified atom stereocenters. The number of carbonyl (C=O) groups is 4. The van der Waals surface area contributed by atoms with Crippen LogP contribution in [0.5, 0.6) is 46.0 Å². The van der Waals surface area contributed by atoms with Gasteiger partial charge in [-0.15, -0.1) is 0 Å². The van der Waals surface area contributed by atoms with Crippen LogP contribution < -0.4 is 18.9 Å². The highest BCUT2D eigenvalue weighted by Gasteiger charge is 2.44. The number of nitrogens with zero attached hydrogens (tertiary/aromatic N) is 2. The number of benzene rings is 11. The van der Waals surface area contributed by atoms with Crippen molar-refractivity contribution in [3.8, 4) is 46.0 Å². The molecule has 10 nitrogen and oxygen atoms in total. The molecule has 2 aliphatic rings. The first-order chi connectivity index (χ1) is 51.6. The van der Waals surface area contributed by atoms with Crippen molar-refractivity contribution >= 4 is 66.7 Å². The van der Waals surface area contributed by atoms with Gasteiger partial charge in [-0.05, 0) is 152 Å². The summed E-state index contributed by atoms with van der Waals surface area (Å²) >= 11 is 0. The molecule has 11 aromatic rings. The third-order valence-electron chi connectivity index (χ3n) is 25.1. The number of rotatable bonds is 19. The zero-order valence-corrected chi connectivity index (χ0v) is 65.4. The molecule has 0 fully saturated rings. The molecule has 0 atom stereocenters. The summed E-state index contributed by atoms with van der Waals surface area (Å²) in [4.78, 5) is 65.1. The average Bonchev–Trinajstić information content (AvgIpc) is 0.670. The van der Waals surface area contributed by atoms with Crippen molar-refractivity contribution in [3.63, 3.8) is 0 Å². The van der Waals surface area contributed by atoms with Gasteiger partial charge in [-0.25, -0.2) is 43.9 Å². The van der Waals surface area contributed by atoms with Crippen molar-refractivity contribution in [2.75, 3.05) is 13.1 Å². The second kappa shape index (κ2) is 27.2. The molecule has 0 radical (unpaired) electrons. The minimum absolute atomic E-state index is 0.0477. The fourth-order valence-electron chi connectivity index (χ4n) is 14.4. The quantitative estimate of drug-likeness (QED) is 0.0197. The number of fused-ring (bicyclic) bond motifs is 2. The van der Waals surface area contributed by atoms with Gasteiger partial charge in [0.1, 0.15) is 46.0 Å². The molecule has 0 saturated carbocycles. The summed E-state index contributed by atoms with van der Waals surface area (Å²) in [5, 5.41) is 0.201. The maximum absolute atomic E-state index is 16.0. The Hall–Kier alpha value is -10.5. The summed E-state index contributed by atoms with van der Waals surface area (Å²) in [5.74, 6) is -26.6. The highest BCUT2D eigenvalue weighted by Crippen LogP contribution is 2.59. The van der Waals surface area contributed by atoms with E-state index in [2.05, 4.69) is 132 Å². The van der Waals surface area contributed by atoms with Crippen molar-refractivity contribution in [3.05, 3.63) is 235 Å². The van der Waals surface area contributed by atoms with E-state index in [0.29, 0.717) is 9.80 Å². The lowest BCUT2D eigenvalue weighted by molar-refractivity contribution is 0.0595. The monoisotopic (exact) mass is 1520 g/mol. The number of hydrogen-bond donors (Lipinski definition) is 0. The highest BCUT2D eigenvalue weighted by atomic mass is 19.2. The van der Waals surface area contributed by atoms with Crippen LogP contribution >= 0.6 is 0 Å². The Kier molecular flexibility index (Phi) is 19.2. The van der Waals surface area contributed by atoms with Crippen molar-refractivity contribution in [2.24, 2.45) is 22.2 Å². The van der Waals surface area contributed by atoms with Gasteiger partial charge in [-0.1, -0.05) is 180 Å². The van der Waals surface area contributed by atoms with Crippen LogP contribution in [-0.4, -0.2) is 46.5 Å². The standard InChI is InChI=1S/C91H86F10N2O8/c1-44(2)88(12,13)45-20-28-49(29-21-45)108-59-40-55-63-56(82(105)102(81(55)104)38-36-53-71(92)75(96)79(100)76(97)72(53)93)42-61(110-51-32-24-47(25-33-51)90(16,17)86(6,7)8)67-68-62(111-52-34-26-48(27-35-52)91(18,19)87(9,10)11)43-58-64-57(83(106)103(84(58)107)39-37-54-73(94)77(98)80(101)78(99)74(54)95)41-60(66(70(64)68)65(59)69(63)67)109-50-30-22-46(23-31-50)89(14,15)85(3,4)5/h20-35,40-44H,36-39H2,1-19H3. The number of hydrogen-bond acceptors (Lipinski definition) is 8. The van der Waals surface area contributed by atoms with Gasteiger partial charge < -0.3 is 18.9 Å². The van der Waals surface area contributed by atoms with Crippen LogP contribution in [0.2, 0.25) is 0 Å². The molecule has 0 spiro atoms. The molecule has 111 heavy (non-hydrogen) atoms. The van der Waals surface area contributed by atoms with Gasteiger partial charge in [0.15, 0.2) is 46.5 Å². The van der Waals surface area contributed by atoms with Gasteiger partial charge >= 0.3 is 0 Å². The van der Waals surface area contributed by atoms with Crippen LogP contribution in [0.25, 0.3) is 43.1 Å². The summed E-state index contributed by atoms with van der Waals surface area (Å²) in [6.07, 6.45) is -2.12. The van der Waals surface area contributed by atoms with Crippen LogP contribution in [0.3, 0.4) is 0 Å². The van der Waals surface area contributed by atoms with Crippen LogP contribution in [0.15, 0.2) is 121 Å². The van der Waals surface area contributed by atoms with E-state index < -0.39 is 135 Å². The summed E-state index contributed by atoms with van der Waals surface area (Å²) in [7, 11) is 0. The molecule has 2 aliphatic heterocycles. The molecular formula is C91H86F10N2O8. The Balaban J connectivity index is 1.19. The predicted octanol–water partition coefficient (Wildman–Crippen LogP) is 24.9. The van der Waals surface area contributed by atoms with E-state index in [1.807, 2.05) is 48.5 Å². The Bertz CT molecular complexity index is 5560. The summed E-state index contributed by atoms with van der Waals surface area (Å²) in [5.41, 5.74) is -2.57. The zero-order valence-electron chi connectivity index (χ0n) is 65.4. The average molecular weight is 1530 g/mol. The van der Waals surface area contributed by atoms with Crippen molar-refractivity contribution < 1.29 is 82.0 Å². The van der Waals surface area contributed by atoms with Crippen LogP contribution in [0.4, 0.5) is 43.9 Å². The minimum atomic E-state index is -2.41. The fraction of sp³-hybridized carbons (Fsp3) is 0.341. The molecule has 2 heterocycles. The number of ether oxygens (including phenoxy) is 4. The molecule has 0 saturated heterocycles. The van der Waals surface area contributed by atoms with Crippen LogP contribution in [-0.2, 0) is 34.5 Å². The third-order valence-corrected chi connectivity index (χ3v) is 25.1. The van der Waals surface area contributed by atoms with Gasteiger partial charge in [-0.2, -0.15) is 0 Å². The Morgan fingerprint density at radius 1 is 0.288 bits per heavy atom. The first kappa shape index (κ1) is 78.6. The van der Waals surface area contributed by atoms with E-state index in [4.69, 9.17) is 18.9 Å². The Labute approximate surface area is 638 Å². The fourth-order valence-corrected chi connectivity index (χ4v) is 14.4. The molecule has 20 heteroatoms. The number of carbonyl (C=O) groups excluding carboxylic acids is 4. The molecule has 13 rings (SSSR count).